The number of benzene rings is 2. The van der Waals surface area contributed by atoms with E-state index in [9.17, 15) is 25.2 Å². The highest BCUT2D eigenvalue weighted by molar-refractivity contribution is 6.06. The number of fused-ring (bicyclic) bond motifs is 1. The second-order valence-corrected chi connectivity index (χ2v) is 8.14. The van der Waals surface area contributed by atoms with Crippen LogP contribution in [0.2, 0.25) is 0 Å². The topological polar surface area (TPSA) is 107 Å². The first kappa shape index (κ1) is 22.3. The molecule has 0 amide bonds. The minimum Gasteiger partial charge on any atom is -0.508 e. The van der Waals surface area contributed by atoms with Gasteiger partial charge in [0.1, 0.15) is 40.9 Å². The third-order valence-corrected chi connectivity index (χ3v) is 5.45. The summed E-state index contributed by atoms with van der Waals surface area (Å²) in [6.07, 6.45) is 6.25. The normalized spacial score (nSPS) is 15.9. The molecule has 0 spiro atoms. The molecule has 0 unspecified atom stereocenters. The van der Waals surface area contributed by atoms with Crippen LogP contribution in [0.15, 0.2) is 47.6 Å². The molecule has 164 valence electrons. The number of Topliss-reactive ketones (excluding diaryl/α,β-unsaturated/α-hetero) is 1. The second-order valence-electron chi connectivity index (χ2n) is 8.14. The van der Waals surface area contributed by atoms with Crippen LogP contribution in [0.1, 0.15) is 61.0 Å². The summed E-state index contributed by atoms with van der Waals surface area (Å²) in [5.41, 5.74) is 3.03. The van der Waals surface area contributed by atoms with E-state index in [0.717, 1.165) is 24.5 Å². The third-order valence-electron chi connectivity index (χ3n) is 5.45. The van der Waals surface area contributed by atoms with E-state index >= 15 is 0 Å². The lowest BCUT2D eigenvalue weighted by Crippen LogP contribution is -2.26. The molecule has 31 heavy (non-hydrogen) atoms. The number of hydrogen-bond donors (Lipinski definition) is 4. The Morgan fingerprint density at radius 3 is 2.52 bits per heavy atom. The van der Waals surface area contributed by atoms with Gasteiger partial charge < -0.3 is 25.2 Å². The molecule has 0 radical (unpaired) electrons. The summed E-state index contributed by atoms with van der Waals surface area (Å²) in [5.74, 6) is -1.94. The van der Waals surface area contributed by atoms with E-state index in [4.69, 9.17) is 4.74 Å². The van der Waals surface area contributed by atoms with Crippen LogP contribution in [-0.4, -0.2) is 32.8 Å². The van der Waals surface area contributed by atoms with E-state index in [0.29, 0.717) is 17.5 Å². The molecule has 1 aliphatic heterocycles. The van der Waals surface area contributed by atoms with Crippen molar-refractivity contribution in [2.75, 3.05) is 6.61 Å². The molecule has 0 aromatic heterocycles. The smallest absolute Gasteiger partial charge is 0.181 e. The Labute approximate surface area is 181 Å². The standard InChI is InChI=1S/C25H28O6/c1-14(2)5-4-6-15(3)7-8-18-20(27)10-9-17(24(18)29)19-13-31-22-12-16(26)11-21(28)23(22)25(19)30/h5,7,9-12,19,26-29H,4,6,8,13H2,1-3H3/t19-/m1/s1. The van der Waals surface area contributed by atoms with Crippen molar-refractivity contribution in [3.63, 3.8) is 0 Å². The molecule has 6 heteroatoms. The van der Waals surface area contributed by atoms with Gasteiger partial charge in [-0.2, -0.15) is 0 Å². The SMILES string of the molecule is CC(C)=CCCC(C)=CCc1c(O)ccc([C@H]2COc3cc(O)cc(O)c3C2=O)c1O. The minimum atomic E-state index is -0.843. The minimum absolute atomic E-state index is 0.0295. The number of allylic oxidation sites excluding steroid dienone is 4. The van der Waals surface area contributed by atoms with Crippen molar-refractivity contribution in [3.8, 4) is 28.7 Å². The van der Waals surface area contributed by atoms with Gasteiger partial charge in [0.25, 0.3) is 0 Å². The zero-order valence-corrected chi connectivity index (χ0v) is 18.0. The van der Waals surface area contributed by atoms with Gasteiger partial charge in [0.05, 0.1) is 5.92 Å². The largest absolute Gasteiger partial charge is 0.508 e. The van der Waals surface area contributed by atoms with Gasteiger partial charge >= 0.3 is 0 Å². The molecule has 3 rings (SSSR count). The molecule has 1 aliphatic rings. The number of hydrogen-bond acceptors (Lipinski definition) is 6. The number of carbonyl (C=O) groups excluding carboxylic acids is 1. The zero-order chi connectivity index (χ0) is 22.7. The van der Waals surface area contributed by atoms with E-state index in [2.05, 4.69) is 19.9 Å². The maximum absolute atomic E-state index is 13.0. The molecule has 4 N–H and O–H groups in total. The summed E-state index contributed by atoms with van der Waals surface area (Å²) in [4.78, 5) is 13.0. The molecule has 6 nitrogen and oxygen atoms in total. The van der Waals surface area contributed by atoms with Crippen LogP contribution in [0.25, 0.3) is 0 Å². The first-order valence-corrected chi connectivity index (χ1v) is 10.2. The predicted molar refractivity (Wildman–Crippen MR) is 118 cm³/mol. The Morgan fingerprint density at radius 1 is 1.06 bits per heavy atom. The van der Waals surface area contributed by atoms with Crippen molar-refractivity contribution in [1.82, 2.24) is 0 Å². The fourth-order valence-corrected chi connectivity index (χ4v) is 3.70. The Hall–Kier alpha value is -3.41. The molecule has 0 aliphatic carbocycles. The van der Waals surface area contributed by atoms with Crippen LogP contribution in [0.3, 0.4) is 0 Å². The summed E-state index contributed by atoms with van der Waals surface area (Å²) in [5, 5.41) is 40.9. The maximum Gasteiger partial charge on any atom is 0.181 e. The van der Waals surface area contributed by atoms with Crippen LogP contribution >= 0.6 is 0 Å². The number of carbonyl (C=O) groups is 1. The van der Waals surface area contributed by atoms with Crippen LogP contribution in [-0.2, 0) is 6.42 Å². The summed E-state index contributed by atoms with van der Waals surface area (Å²) < 4.78 is 5.58. The average Bonchev–Trinajstić information content (AvgIpc) is 2.68. The van der Waals surface area contributed by atoms with E-state index in [1.807, 2.05) is 13.0 Å². The highest BCUT2D eigenvalue weighted by Gasteiger charge is 2.35. The molecule has 0 saturated carbocycles. The van der Waals surface area contributed by atoms with E-state index in [1.165, 1.54) is 23.8 Å². The van der Waals surface area contributed by atoms with Gasteiger partial charge in [0, 0.05) is 23.3 Å². The number of phenolic OH excluding ortho intramolecular Hbond substituents is 4. The van der Waals surface area contributed by atoms with Crippen LogP contribution < -0.4 is 4.74 Å². The lowest BCUT2D eigenvalue weighted by molar-refractivity contribution is 0.0889. The van der Waals surface area contributed by atoms with E-state index in [-0.39, 0.29) is 40.9 Å². The van der Waals surface area contributed by atoms with Crippen molar-refractivity contribution in [1.29, 1.82) is 0 Å². The van der Waals surface area contributed by atoms with Crippen molar-refractivity contribution >= 4 is 5.78 Å². The number of ether oxygens (including phenoxy) is 1. The molecular weight excluding hydrogens is 396 g/mol. The van der Waals surface area contributed by atoms with E-state index < -0.39 is 11.7 Å². The number of phenols is 4. The van der Waals surface area contributed by atoms with Crippen molar-refractivity contribution in [2.45, 2.75) is 46.0 Å². The van der Waals surface area contributed by atoms with Gasteiger partial charge in [0.15, 0.2) is 5.78 Å². The quantitative estimate of drug-likeness (QED) is 0.481. The van der Waals surface area contributed by atoms with E-state index in [1.54, 1.807) is 0 Å². The Kier molecular flexibility index (Phi) is 6.59. The molecule has 0 bridgehead atoms. The van der Waals surface area contributed by atoms with Gasteiger partial charge in [-0.15, -0.1) is 0 Å². The molecular formula is C25H28O6. The number of aromatic hydroxyl groups is 4. The molecule has 0 saturated heterocycles. The predicted octanol–water partition coefficient (Wildman–Crippen LogP) is 5.10. The van der Waals surface area contributed by atoms with Crippen molar-refractivity contribution in [3.05, 3.63) is 64.3 Å². The van der Waals surface area contributed by atoms with Crippen LogP contribution in [0.5, 0.6) is 28.7 Å². The first-order chi connectivity index (χ1) is 14.7. The third kappa shape index (κ3) is 4.85. The highest BCUT2D eigenvalue weighted by atomic mass is 16.5. The zero-order valence-electron chi connectivity index (χ0n) is 18.0. The number of ketones is 1. The fourth-order valence-electron chi connectivity index (χ4n) is 3.70. The Balaban J connectivity index is 1.87. The lowest BCUT2D eigenvalue weighted by Gasteiger charge is -2.26. The Morgan fingerprint density at radius 2 is 1.81 bits per heavy atom. The summed E-state index contributed by atoms with van der Waals surface area (Å²) in [6.45, 7) is 6.06. The molecule has 2 aromatic rings. The monoisotopic (exact) mass is 424 g/mol. The maximum atomic E-state index is 13.0. The molecule has 1 atom stereocenters. The van der Waals surface area contributed by atoms with Crippen molar-refractivity contribution in [2.24, 2.45) is 0 Å². The van der Waals surface area contributed by atoms with Crippen LogP contribution in [0.4, 0.5) is 0 Å². The van der Waals surface area contributed by atoms with Gasteiger partial charge in [-0.05, 0) is 46.1 Å². The van der Waals surface area contributed by atoms with Gasteiger partial charge in [0.2, 0.25) is 0 Å². The van der Waals surface area contributed by atoms with Crippen LogP contribution in [0, 0.1) is 0 Å². The second kappa shape index (κ2) is 9.16. The summed E-state index contributed by atoms with van der Waals surface area (Å²) >= 11 is 0. The summed E-state index contributed by atoms with van der Waals surface area (Å²) in [6, 6.07) is 5.30. The fraction of sp³-hybridized carbons (Fsp3) is 0.320. The van der Waals surface area contributed by atoms with Gasteiger partial charge in [-0.25, -0.2) is 0 Å². The Bertz CT molecular complexity index is 1060. The molecule has 0 fully saturated rings. The summed E-state index contributed by atoms with van der Waals surface area (Å²) in [7, 11) is 0. The lowest BCUT2D eigenvalue weighted by atomic mass is 9.86. The number of rotatable bonds is 6. The van der Waals surface area contributed by atoms with Gasteiger partial charge in [-0.3, -0.25) is 4.79 Å². The van der Waals surface area contributed by atoms with Gasteiger partial charge in [-0.1, -0.05) is 29.4 Å². The molecule has 2 aromatic carbocycles. The first-order valence-electron chi connectivity index (χ1n) is 10.2. The average molecular weight is 424 g/mol. The molecule has 1 heterocycles. The van der Waals surface area contributed by atoms with Crippen molar-refractivity contribution < 1.29 is 30.0 Å². The highest BCUT2D eigenvalue weighted by Crippen LogP contribution is 2.43.